The van der Waals surface area contributed by atoms with Gasteiger partial charge in [0.1, 0.15) is 0 Å². The van der Waals surface area contributed by atoms with Crippen LogP contribution in [-0.2, 0) is 10.0 Å². The van der Waals surface area contributed by atoms with Crippen molar-refractivity contribution in [3.63, 3.8) is 0 Å². The maximum absolute atomic E-state index is 12.5. The number of carbonyl (C=O) groups excluding carboxylic acids is 2. The molecule has 0 aliphatic carbocycles. The van der Waals surface area contributed by atoms with Crippen LogP contribution in [0.15, 0.2) is 77.7 Å². The van der Waals surface area contributed by atoms with Crippen molar-refractivity contribution in [3.8, 4) is 11.5 Å². The molecule has 0 saturated carbocycles. The minimum atomic E-state index is -3.81. The second-order valence-electron chi connectivity index (χ2n) is 6.70. The second-order valence-corrected chi connectivity index (χ2v) is 8.39. The summed E-state index contributed by atoms with van der Waals surface area (Å²) in [5.74, 6) is -0.286. The molecule has 10 heteroatoms. The Hall–Kier alpha value is -4.05. The number of nitrogens with one attached hydrogen (secondary N) is 3. The zero-order valence-corrected chi connectivity index (χ0v) is 18.8. The number of benzene rings is 3. The van der Waals surface area contributed by atoms with E-state index in [4.69, 9.17) is 9.47 Å². The fourth-order valence-corrected chi connectivity index (χ4v) is 3.91. The topological polar surface area (TPSA) is 123 Å². The van der Waals surface area contributed by atoms with Crippen LogP contribution in [0.5, 0.6) is 11.5 Å². The summed E-state index contributed by atoms with van der Waals surface area (Å²) in [6.07, 6.45) is 0. The van der Waals surface area contributed by atoms with Gasteiger partial charge in [0.2, 0.25) is 0 Å². The zero-order chi connectivity index (χ0) is 23.8. The number of rotatable bonds is 8. The molecule has 0 heterocycles. The van der Waals surface area contributed by atoms with Crippen LogP contribution in [0.2, 0.25) is 0 Å². The van der Waals surface area contributed by atoms with Crippen molar-refractivity contribution >= 4 is 27.5 Å². The normalized spacial score (nSPS) is 10.7. The van der Waals surface area contributed by atoms with E-state index in [1.54, 1.807) is 36.4 Å². The number of ether oxygens (including phenoxy) is 2. The van der Waals surface area contributed by atoms with Gasteiger partial charge in [-0.15, -0.1) is 0 Å². The number of hydrogen-bond acceptors (Lipinski definition) is 6. The molecule has 0 aromatic heterocycles. The quantitative estimate of drug-likeness (QED) is 0.436. The third-order valence-corrected chi connectivity index (χ3v) is 5.87. The summed E-state index contributed by atoms with van der Waals surface area (Å²) in [5.41, 5.74) is 5.45. The molecule has 2 amide bonds. The Bertz CT molecular complexity index is 1230. The lowest BCUT2D eigenvalue weighted by atomic mass is 10.2. The van der Waals surface area contributed by atoms with Crippen molar-refractivity contribution < 1.29 is 27.5 Å². The molecule has 0 atom stereocenters. The van der Waals surface area contributed by atoms with Gasteiger partial charge in [-0.2, -0.15) is 0 Å². The molecule has 0 spiro atoms. The minimum absolute atomic E-state index is 0.00609. The zero-order valence-electron chi connectivity index (χ0n) is 18.0. The Kier molecular flexibility index (Phi) is 7.52. The highest BCUT2D eigenvalue weighted by Crippen LogP contribution is 2.28. The maximum atomic E-state index is 12.5. The Balaban J connectivity index is 1.62. The van der Waals surface area contributed by atoms with Crippen molar-refractivity contribution in [3.05, 3.63) is 83.9 Å². The van der Waals surface area contributed by atoms with Crippen LogP contribution >= 0.6 is 0 Å². The molecule has 3 rings (SSSR count). The fraction of sp³-hybridized carbons (Fsp3) is 0.130. The molecule has 0 aliphatic rings. The molecule has 0 radical (unpaired) electrons. The van der Waals surface area contributed by atoms with Crippen LogP contribution in [0, 0.1) is 0 Å². The van der Waals surface area contributed by atoms with Crippen molar-refractivity contribution in [2.75, 3.05) is 18.4 Å². The largest absolute Gasteiger partial charge is 0.493 e. The number of hydrogen-bond donors (Lipinski definition) is 3. The summed E-state index contributed by atoms with van der Waals surface area (Å²) < 4.78 is 38.1. The number of para-hydroxylation sites is 1. The van der Waals surface area contributed by atoms with E-state index in [-0.39, 0.29) is 16.0 Å². The molecular weight excluding hydrogens is 446 g/mol. The molecule has 3 N–H and O–H groups in total. The number of carbonyl (C=O) groups is 2. The molecule has 0 saturated heterocycles. The van der Waals surface area contributed by atoms with Gasteiger partial charge in [0.15, 0.2) is 11.5 Å². The lowest BCUT2D eigenvalue weighted by Gasteiger charge is -2.12. The van der Waals surface area contributed by atoms with Gasteiger partial charge < -0.3 is 9.47 Å². The Morgan fingerprint density at radius 1 is 0.818 bits per heavy atom. The highest BCUT2D eigenvalue weighted by Gasteiger charge is 2.16. The third kappa shape index (κ3) is 6.01. The van der Waals surface area contributed by atoms with Gasteiger partial charge in [-0.05, 0) is 61.5 Å². The van der Waals surface area contributed by atoms with Gasteiger partial charge in [-0.1, -0.05) is 18.2 Å². The first-order valence-electron chi connectivity index (χ1n) is 9.93. The van der Waals surface area contributed by atoms with Crippen molar-refractivity contribution in [1.82, 2.24) is 10.9 Å². The average Bonchev–Trinajstić information content (AvgIpc) is 2.83. The highest BCUT2D eigenvalue weighted by atomic mass is 32.2. The number of hydrazine groups is 1. The molecule has 9 nitrogen and oxygen atoms in total. The van der Waals surface area contributed by atoms with E-state index in [1.165, 1.54) is 43.5 Å². The lowest BCUT2D eigenvalue weighted by Crippen LogP contribution is -2.41. The Morgan fingerprint density at radius 2 is 1.42 bits per heavy atom. The smallest absolute Gasteiger partial charge is 0.269 e. The summed E-state index contributed by atoms with van der Waals surface area (Å²) in [4.78, 5) is 24.7. The predicted octanol–water partition coefficient (Wildman–Crippen LogP) is 2.97. The van der Waals surface area contributed by atoms with Gasteiger partial charge in [-0.25, -0.2) is 8.42 Å². The van der Waals surface area contributed by atoms with Gasteiger partial charge in [0.05, 0.1) is 18.6 Å². The lowest BCUT2D eigenvalue weighted by molar-refractivity contribution is 0.0846. The molecule has 33 heavy (non-hydrogen) atoms. The summed E-state index contributed by atoms with van der Waals surface area (Å²) in [5, 5.41) is 0. The summed E-state index contributed by atoms with van der Waals surface area (Å²) in [6.45, 7) is 2.28. The van der Waals surface area contributed by atoms with Crippen LogP contribution in [0.4, 0.5) is 5.69 Å². The van der Waals surface area contributed by atoms with E-state index in [9.17, 15) is 18.0 Å². The number of anilines is 1. The van der Waals surface area contributed by atoms with E-state index in [2.05, 4.69) is 15.6 Å². The molecule has 0 bridgehead atoms. The Morgan fingerprint density at radius 3 is 2.03 bits per heavy atom. The standard InChI is InChI=1S/C23H23N3O6S/c1-3-32-20-14-11-17(15-21(20)31-2)23(28)25-24-22(27)16-9-12-19(13-10-16)33(29,30)26-18-7-5-4-6-8-18/h4-15,26H,3H2,1-2H3,(H,24,27)(H,25,28). The molecular formula is C23H23N3O6S. The van der Waals surface area contributed by atoms with Crippen molar-refractivity contribution in [1.29, 1.82) is 0 Å². The first-order valence-corrected chi connectivity index (χ1v) is 11.4. The van der Waals surface area contributed by atoms with Gasteiger partial charge in [0.25, 0.3) is 21.8 Å². The van der Waals surface area contributed by atoms with Gasteiger partial charge in [0, 0.05) is 16.8 Å². The van der Waals surface area contributed by atoms with Crippen molar-refractivity contribution in [2.45, 2.75) is 11.8 Å². The molecule has 3 aromatic carbocycles. The van der Waals surface area contributed by atoms with Crippen LogP contribution in [-0.4, -0.2) is 33.9 Å². The predicted molar refractivity (Wildman–Crippen MR) is 123 cm³/mol. The first-order chi connectivity index (χ1) is 15.8. The van der Waals surface area contributed by atoms with E-state index >= 15 is 0 Å². The van der Waals surface area contributed by atoms with Crippen molar-refractivity contribution in [2.24, 2.45) is 0 Å². The van der Waals surface area contributed by atoms with Gasteiger partial charge in [-0.3, -0.25) is 25.2 Å². The molecule has 172 valence electrons. The van der Waals surface area contributed by atoms with E-state index < -0.39 is 21.8 Å². The highest BCUT2D eigenvalue weighted by molar-refractivity contribution is 7.92. The van der Waals surface area contributed by atoms with Crippen LogP contribution < -0.4 is 25.0 Å². The summed E-state index contributed by atoms with van der Waals surface area (Å²) in [7, 11) is -2.35. The third-order valence-electron chi connectivity index (χ3n) is 4.47. The van der Waals surface area contributed by atoms with E-state index in [0.29, 0.717) is 23.8 Å². The molecule has 0 fully saturated rings. The summed E-state index contributed by atoms with van der Waals surface area (Å²) in [6, 6.07) is 18.4. The molecule has 0 aliphatic heterocycles. The monoisotopic (exact) mass is 469 g/mol. The van der Waals surface area contributed by atoms with Crippen LogP contribution in [0.1, 0.15) is 27.6 Å². The maximum Gasteiger partial charge on any atom is 0.269 e. The number of sulfonamides is 1. The van der Waals surface area contributed by atoms with Gasteiger partial charge >= 0.3 is 0 Å². The van der Waals surface area contributed by atoms with E-state index in [1.807, 2.05) is 6.92 Å². The van der Waals surface area contributed by atoms with Crippen LogP contribution in [0.3, 0.4) is 0 Å². The Labute approximate surface area is 191 Å². The first kappa shape index (κ1) is 23.6. The average molecular weight is 470 g/mol. The minimum Gasteiger partial charge on any atom is -0.493 e. The molecule has 0 unspecified atom stereocenters. The SMILES string of the molecule is CCOc1ccc(C(=O)NNC(=O)c2ccc(S(=O)(=O)Nc3ccccc3)cc2)cc1OC. The fourth-order valence-electron chi connectivity index (χ4n) is 2.85. The summed E-state index contributed by atoms with van der Waals surface area (Å²) >= 11 is 0. The number of amides is 2. The number of methoxy groups -OCH3 is 1. The van der Waals surface area contributed by atoms with E-state index in [0.717, 1.165) is 0 Å². The molecule has 3 aromatic rings. The van der Waals surface area contributed by atoms with Crippen LogP contribution in [0.25, 0.3) is 0 Å². The second kappa shape index (κ2) is 10.5.